The molecule has 0 unspecified atom stereocenters. The van der Waals surface area contributed by atoms with Gasteiger partial charge < -0.3 is 24.8 Å². The van der Waals surface area contributed by atoms with Gasteiger partial charge in [-0.2, -0.15) is 9.97 Å². The van der Waals surface area contributed by atoms with Crippen LogP contribution < -0.4 is 19.7 Å². The summed E-state index contributed by atoms with van der Waals surface area (Å²) < 4.78 is 75.6. The third-order valence-electron chi connectivity index (χ3n) is 10.5. The van der Waals surface area contributed by atoms with Gasteiger partial charge in [-0.25, -0.2) is 17.6 Å². The van der Waals surface area contributed by atoms with Crippen molar-refractivity contribution >= 4 is 27.5 Å². The number of fused-ring (bicyclic) bond motifs is 4. The molecular weight excluding hydrogens is 602 g/mol. The summed E-state index contributed by atoms with van der Waals surface area (Å²) in [5, 5.41) is 14.9. The summed E-state index contributed by atoms with van der Waals surface area (Å²) >= 11 is 0. The van der Waals surface area contributed by atoms with Crippen molar-refractivity contribution in [2.45, 2.75) is 63.3 Å². The molecule has 4 atom stereocenters. The first-order valence-electron chi connectivity index (χ1n) is 16.0. The number of rotatable bonds is 5. The Balaban J connectivity index is 1.35. The van der Waals surface area contributed by atoms with Crippen molar-refractivity contribution < 1.29 is 32.1 Å². The van der Waals surface area contributed by atoms with Crippen molar-refractivity contribution in [1.82, 2.24) is 20.2 Å². The number of ether oxygens (including phenoxy) is 2. The van der Waals surface area contributed by atoms with Crippen LogP contribution in [0.2, 0.25) is 0 Å². The highest BCUT2D eigenvalue weighted by Crippen LogP contribution is 2.48. The zero-order valence-electron chi connectivity index (χ0n) is 25.7. The van der Waals surface area contributed by atoms with Gasteiger partial charge in [0.1, 0.15) is 42.3 Å². The minimum absolute atomic E-state index is 0.00336. The van der Waals surface area contributed by atoms with Crippen LogP contribution in [-0.2, 0) is 0 Å². The van der Waals surface area contributed by atoms with E-state index in [0.29, 0.717) is 37.3 Å². The molecule has 4 aromatic rings. The van der Waals surface area contributed by atoms with Crippen LogP contribution in [0, 0.1) is 24.4 Å². The maximum absolute atomic E-state index is 17.0. The number of nitrogens with one attached hydrogen (secondary N) is 1. The molecule has 8 nitrogen and oxygen atoms in total. The number of aryl methyl sites for hydroxylation is 1. The summed E-state index contributed by atoms with van der Waals surface area (Å²) in [6.45, 7) is 6.08. The molecular formula is C34H35F4N5O3. The molecule has 242 valence electrons. The van der Waals surface area contributed by atoms with Crippen molar-refractivity contribution in [1.29, 1.82) is 0 Å². The Morgan fingerprint density at radius 3 is 2.80 bits per heavy atom. The molecule has 8 rings (SSSR count). The fraction of sp³-hybridized carbons (Fsp3) is 0.471. The van der Waals surface area contributed by atoms with Gasteiger partial charge in [-0.3, -0.25) is 4.90 Å². The lowest BCUT2D eigenvalue weighted by molar-refractivity contribution is 0.107. The summed E-state index contributed by atoms with van der Waals surface area (Å²) in [4.78, 5) is 13.4. The lowest BCUT2D eigenvalue weighted by atomic mass is 9.92. The lowest BCUT2D eigenvalue weighted by Gasteiger charge is -2.41. The summed E-state index contributed by atoms with van der Waals surface area (Å²) in [5.41, 5.74) is -1.03. The zero-order valence-corrected chi connectivity index (χ0v) is 25.7. The van der Waals surface area contributed by atoms with E-state index >= 15 is 8.78 Å². The molecule has 0 spiro atoms. The van der Waals surface area contributed by atoms with Crippen molar-refractivity contribution in [3.63, 3.8) is 0 Å². The average molecular weight is 638 g/mol. The maximum Gasteiger partial charge on any atom is 0.319 e. The Morgan fingerprint density at radius 2 is 1.98 bits per heavy atom. The average Bonchev–Trinajstić information content (AvgIpc) is 3.50. The van der Waals surface area contributed by atoms with Crippen molar-refractivity contribution in [2.75, 3.05) is 44.3 Å². The van der Waals surface area contributed by atoms with E-state index in [1.54, 1.807) is 0 Å². The van der Waals surface area contributed by atoms with Crippen molar-refractivity contribution in [3.05, 3.63) is 47.3 Å². The van der Waals surface area contributed by atoms with E-state index in [9.17, 15) is 13.9 Å². The van der Waals surface area contributed by atoms with E-state index in [4.69, 9.17) is 14.5 Å². The van der Waals surface area contributed by atoms with Gasteiger partial charge in [0.05, 0.1) is 22.5 Å². The minimum Gasteiger partial charge on any atom is -0.508 e. The largest absolute Gasteiger partial charge is 0.508 e. The predicted octanol–water partition coefficient (Wildman–Crippen LogP) is 5.79. The molecule has 2 N–H and O–H groups in total. The SMILES string of the molecule is CC[C@@H]1NCCN2c3nc(OC[C@@]45CCCN4C[C@H](F)C5)nc4c(F)c(-c5cc(O)cc6ccc(F)c(C)c56)c(F)c(c34)OC[C@H]12. The second-order valence-electron chi connectivity index (χ2n) is 13.1. The Bertz CT molecular complexity index is 1890. The Kier molecular flexibility index (Phi) is 6.95. The normalized spacial score (nSPS) is 25.9. The van der Waals surface area contributed by atoms with E-state index < -0.39 is 34.7 Å². The minimum atomic E-state index is -1.00. The molecule has 3 fully saturated rings. The van der Waals surface area contributed by atoms with Crippen molar-refractivity contribution in [2.24, 2.45) is 0 Å². The number of alkyl halides is 1. The third kappa shape index (κ3) is 4.40. The van der Waals surface area contributed by atoms with E-state index in [-0.39, 0.29) is 70.2 Å². The monoisotopic (exact) mass is 637 g/mol. The highest BCUT2D eigenvalue weighted by molar-refractivity contribution is 6.05. The number of aromatic nitrogens is 2. The highest BCUT2D eigenvalue weighted by Gasteiger charge is 2.49. The van der Waals surface area contributed by atoms with Crippen LogP contribution in [0.25, 0.3) is 32.8 Å². The third-order valence-corrected chi connectivity index (χ3v) is 10.5. The van der Waals surface area contributed by atoms with Crippen LogP contribution in [0.4, 0.5) is 23.4 Å². The number of piperazine rings is 1. The number of hydrogen-bond donors (Lipinski definition) is 2. The van der Waals surface area contributed by atoms with Gasteiger partial charge in [-0.1, -0.05) is 13.0 Å². The number of halogens is 4. The number of benzene rings is 3. The summed E-state index contributed by atoms with van der Waals surface area (Å²) in [6, 6.07) is 5.02. The molecule has 0 saturated carbocycles. The van der Waals surface area contributed by atoms with Crippen LogP contribution in [0.15, 0.2) is 24.3 Å². The highest BCUT2D eigenvalue weighted by atomic mass is 19.1. The van der Waals surface area contributed by atoms with E-state index in [0.717, 1.165) is 25.8 Å². The van der Waals surface area contributed by atoms with Crippen LogP contribution in [0.5, 0.6) is 17.5 Å². The molecule has 3 saturated heterocycles. The zero-order chi connectivity index (χ0) is 31.9. The van der Waals surface area contributed by atoms with E-state index in [1.165, 1.54) is 31.2 Å². The number of phenols is 1. The fourth-order valence-electron chi connectivity index (χ4n) is 8.27. The van der Waals surface area contributed by atoms with Gasteiger partial charge in [-0.15, -0.1) is 0 Å². The molecule has 4 aliphatic rings. The predicted molar refractivity (Wildman–Crippen MR) is 166 cm³/mol. The topological polar surface area (TPSA) is 83.0 Å². The maximum atomic E-state index is 17.0. The molecule has 0 aliphatic carbocycles. The second kappa shape index (κ2) is 10.8. The number of hydrogen-bond acceptors (Lipinski definition) is 8. The Labute approximate surface area is 263 Å². The van der Waals surface area contributed by atoms with Crippen LogP contribution in [-0.4, -0.2) is 83.2 Å². The summed E-state index contributed by atoms with van der Waals surface area (Å²) in [6.07, 6.45) is 1.86. The second-order valence-corrected chi connectivity index (χ2v) is 13.1. The Morgan fingerprint density at radius 1 is 1.13 bits per heavy atom. The van der Waals surface area contributed by atoms with E-state index in [2.05, 4.69) is 15.2 Å². The molecule has 0 bridgehead atoms. The molecule has 46 heavy (non-hydrogen) atoms. The van der Waals surface area contributed by atoms with Gasteiger partial charge in [0, 0.05) is 32.1 Å². The first kappa shape index (κ1) is 29.5. The van der Waals surface area contributed by atoms with Gasteiger partial charge in [0.25, 0.3) is 0 Å². The molecule has 0 amide bonds. The first-order chi connectivity index (χ1) is 22.2. The molecule has 12 heteroatoms. The summed E-state index contributed by atoms with van der Waals surface area (Å²) in [7, 11) is 0. The molecule has 5 heterocycles. The Hall–Kier alpha value is -3.90. The molecule has 4 aliphatic heterocycles. The van der Waals surface area contributed by atoms with E-state index in [1.807, 2.05) is 11.8 Å². The van der Waals surface area contributed by atoms with Gasteiger partial charge in [0.2, 0.25) is 0 Å². The molecule has 3 aromatic carbocycles. The molecule has 0 radical (unpaired) electrons. The van der Waals surface area contributed by atoms with Gasteiger partial charge >= 0.3 is 6.01 Å². The summed E-state index contributed by atoms with van der Waals surface area (Å²) in [5.74, 6) is -2.67. The van der Waals surface area contributed by atoms with Crippen LogP contribution >= 0.6 is 0 Å². The van der Waals surface area contributed by atoms with Crippen LogP contribution in [0.3, 0.4) is 0 Å². The smallest absolute Gasteiger partial charge is 0.319 e. The van der Waals surface area contributed by atoms with Gasteiger partial charge in [-0.05, 0) is 72.8 Å². The number of aromatic hydroxyl groups is 1. The first-order valence-corrected chi connectivity index (χ1v) is 16.0. The standard InChI is InChI=1S/C34H35F4N5O3/c1-3-23-24-15-45-31-27-30(28(37)26(29(31)38)21-12-20(44)11-18-5-6-22(36)17(2)25(18)21)40-33(41-32(27)43(24)10-8-39-23)46-16-34-7-4-9-42(34)14-19(35)13-34/h5-6,11-12,19,23-24,39,44H,3-4,7-10,13-16H2,1-2H3/t19-,23+,24-,34+/m1/s1. The van der Waals surface area contributed by atoms with Crippen LogP contribution in [0.1, 0.15) is 38.2 Å². The lowest BCUT2D eigenvalue weighted by Crippen LogP contribution is -2.60. The number of anilines is 1. The quantitative estimate of drug-likeness (QED) is 0.267. The van der Waals surface area contributed by atoms with Gasteiger partial charge in [0.15, 0.2) is 17.4 Å². The molecule has 1 aromatic heterocycles. The number of nitrogens with zero attached hydrogens (tertiary/aromatic N) is 4. The number of phenolic OH excluding ortho intramolecular Hbond substituents is 1. The van der Waals surface area contributed by atoms with Crippen molar-refractivity contribution in [3.8, 4) is 28.6 Å². The fourth-order valence-corrected chi connectivity index (χ4v) is 8.27.